The molecule has 0 saturated heterocycles. The first-order valence-corrected chi connectivity index (χ1v) is 12.4. The van der Waals surface area contributed by atoms with Crippen LogP contribution in [0.4, 0.5) is 17.3 Å². The van der Waals surface area contributed by atoms with E-state index in [2.05, 4.69) is 25.6 Å². The lowest BCUT2D eigenvalue weighted by Crippen LogP contribution is -2.38. The first-order chi connectivity index (χ1) is 17.3. The molecule has 11 nitrogen and oxygen atoms in total. The molecule has 0 unspecified atom stereocenters. The number of ether oxygens (including phenoxy) is 1. The summed E-state index contributed by atoms with van der Waals surface area (Å²) >= 11 is 5.79. The predicted octanol–water partition coefficient (Wildman–Crippen LogP) is 2.72. The fraction of sp³-hybridized carbons (Fsp3) is 0.458. The van der Waals surface area contributed by atoms with Crippen LogP contribution in [0.2, 0.25) is 5.15 Å². The zero-order valence-corrected chi connectivity index (χ0v) is 20.8. The molecule has 1 aliphatic rings. The molecule has 8 N–H and O–H groups in total. The number of hydrogen-bond acceptors (Lipinski definition) is 8. The smallest absolute Gasteiger partial charge is 0.280 e. The number of unbranched alkanes of at least 4 members (excludes halogenated alkanes) is 1. The van der Waals surface area contributed by atoms with E-state index in [0.29, 0.717) is 12.5 Å². The quantitative estimate of drug-likeness (QED) is 0.181. The number of aromatic nitrogens is 2. The molecule has 0 radical (unpaired) electrons. The van der Waals surface area contributed by atoms with E-state index in [1.165, 1.54) is 0 Å². The van der Waals surface area contributed by atoms with Gasteiger partial charge >= 0.3 is 0 Å². The van der Waals surface area contributed by atoms with Crippen LogP contribution in [0.25, 0.3) is 0 Å². The number of nitrogen functional groups attached to an aromatic ring is 2. The van der Waals surface area contributed by atoms with Crippen LogP contribution < -0.4 is 27.8 Å². The molecule has 1 heterocycles. The van der Waals surface area contributed by atoms with Crippen LogP contribution in [0.1, 0.15) is 55.4 Å². The van der Waals surface area contributed by atoms with E-state index in [1.54, 1.807) is 0 Å². The van der Waals surface area contributed by atoms with Gasteiger partial charge in [0.25, 0.3) is 5.91 Å². The summed E-state index contributed by atoms with van der Waals surface area (Å²) in [5.74, 6) is -0.367. The molecule has 2 aromatic rings. The molecule has 1 aromatic heterocycles. The Morgan fingerprint density at radius 1 is 1.06 bits per heavy atom. The lowest BCUT2D eigenvalue weighted by Gasteiger charge is -2.28. The maximum absolute atomic E-state index is 12.2. The zero-order chi connectivity index (χ0) is 25.9. The van der Waals surface area contributed by atoms with Gasteiger partial charge in [-0.1, -0.05) is 42.6 Å². The first kappa shape index (κ1) is 27.2. The number of amides is 2. The number of carbonyl (C=O) groups excluding carboxylic acids is 2. The van der Waals surface area contributed by atoms with Crippen molar-refractivity contribution in [2.75, 3.05) is 29.9 Å². The Balaban J connectivity index is 1.27. The summed E-state index contributed by atoms with van der Waals surface area (Å²) in [6, 6.07) is 9.36. The molecule has 0 bridgehead atoms. The number of hydrogen-bond donors (Lipinski definition) is 5. The maximum Gasteiger partial charge on any atom is 0.280 e. The van der Waals surface area contributed by atoms with Crippen molar-refractivity contribution in [2.45, 2.75) is 51.0 Å². The van der Waals surface area contributed by atoms with Crippen molar-refractivity contribution in [3.05, 3.63) is 41.2 Å². The maximum atomic E-state index is 12.2. The molecule has 1 aliphatic carbocycles. The summed E-state index contributed by atoms with van der Waals surface area (Å²) in [5.41, 5.74) is 17.6. The molecule has 194 valence electrons. The van der Waals surface area contributed by atoms with Crippen LogP contribution in [0, 0.1) is 5.92 Å². The van der Waals surface area contributed by atoms with Crippen molar-refractivity contribution in [2.24, 2.45) is 16.6 Å². The second kappa shape index (κ2) is 13.6. The van der Waals surface area contributed by atoms with Gasteiger partial charge in [0.1, 0.15) is 6.61 Å². The Bertz CT molecular complexity index is 1060. The van der Waals surface area contributed by atoms with Gasteiger partial charge in [-0.2, -0.15) is 0 Å². The Kier molecular flexibility index (Phi) is 10.3. The van der Waals surface area contributed by atoms with Crippen LogP contribution in [-0.4, -0.2) is 47.0 Å². The number of rotatable bonds is 10. The van der Waals surface area contributed by atoms with Gasteiger partial charge in [0, 0.05) is 12.2 Å². The minimum Gasteiger partial charge on any atom is -0.382 e. The van der Waals surface area contributed by atoms with Gasteiger partial charge in [-0.25, -0.2) is 9.97 Å². The summed E-state index contributed by atoms with van der Waals surface area (Å²) in [6.45, 7) is 0.565. The third-order valence-electron chi connectivity index (χ3n) is 5.97. The molecule has 0 aliphatic heterocycles. The molecule has 3 rings (SSSR count). The number of nitrogens with one attached hydrogen (secondary N) is 2. The van der Waals surface area contributed by atoms with E-state index in [0.717, 1.165) is 50.6 Å². The minimum atomic E-state index is -0.653. The largest absolute Gasteiger partial charge is 0.382 e. The van der Waals surface area contributed by atoms with Gasteiger partial charge < -0.3 is 27.3 Å². The van der Waals surface area contributed by atoms with Crippen molar-refractivity contribution >= 4 is 46.7 Å². The molecule has 1 aromatic carbocycles. The second-order valence-corrected chi connectivity index (χ2v) is 9.08. The number of aliphatic imine (C=N–C) groups is 1. The summed E-state index contributed by atoms with van der Waals surface area (Å²) in [6.07, 6.45) is 7.17. The number of guanidine groups is 1. The van der Waals surface area contributed by atoms with E-state index >= 15 is 0 Å². The normalized spacial score (nSPS) is 18.0. The van der Waals surface area contributed by atoms with Gasteiger partial charge in [0.2, 0.25) is 5.91 Å². The molecule has 0 atom stereocenters. The number of halogens is 1. The van der Waals surface area contributed by atoms with Crippen molar-refractivity contribution < 1.29 is 14.3 Å². The van der Waals surface area contributed by atoms with Crippen molar-refractivity contribution in [3.8, 4) is 0 Å². The third-order valence-corrected chi connectivity index (χ3v) is 6.24. The summed E-state index contributed by atoms with van der Waals surface area (Å²) < 4.78 is 5.81. The summed E-state index contributed by atoms with van der Waals surface area (Å²) in [4.78, 5) is 36.1. The Labute approximate surface area is 215 Å². The second-order valence-electron chi connectivity index (χ2n) is 8.72. The van der Waals surface area contributed by atoms with E-state index in [-0.39, 0.29) is 47.1 Å². The number of carbonyl (C=O) groups is 2. The average molecular weight is 517 g/mol. The number of para-hydroxylation sites is 1. The van der Waals surface area contributed by atoms with Gasteiger partial charge in [-0.3, -0.25) is 19.9 Å². The highest BCUT2D eigenvalue weighted by Crippen LogP contribution is 2.29. The highest BCUT2D eigenvalue weighted by Gasteiger charge is 2.22. The average Bonchev–Trinajstić information content (AvgIpc) is 2.86. The summed E-state index contributed by atoms with van der Waals surface area (Å²) in [7, 11) is 0. The summed E-state index contributed by atoms with van der Waals surface area (Å²) in [5, 5.41) is 5.15. The number of nitrogens with two attached hydrogens (primary N) is 3. The van der Waals surface area contributed by atoms with E-state index < -0.39 is 5.91 Å². The fourth-order valence-electron chi connectivity index (χ4n) is 4.07. The first-order valence-electron chi connectivity index (χ1n) is 12.0. The molecule has 2 amide bonds. The van der Waals surface area contributed by atoms with Crippen LogP contribution in [0.5, 0.6) is 0 Å². The lowest BCUT2D eigenvalue weighted by molar-refractivity contribution is -0.123. The molecule has 12 heteroatoms. The van der Waals surface area contributed by atoms with Gasteiger partial charge in [0.15, 0.2) is 28.4 Å². The number of nitrogens with zero attached hydrogens (tertiary/aromatic N) is 3. The Hall–Kier alpha value is -3.44. The highest BCUT2D eigenvalue weighted by atomic mass is 35.5. The number of benzene rings is 1. The van der Waals surface area contributed by atoms with E-state index in [1.807, 2.05) is 30.3 Å². The molecule has 0 spiro atoms. The molecule has 36 heavy (non-hydrogen) atoms. The lowest BCUT2D eigenvalue weighted by atomic mass is 9.84. The third kappa shape index (κ3) is 8.65. The van der Waals surface area contributed by atoms with Crippen LogP contribution in [0.3, 0.4) is 0 Å². The monoisotopic (exact) mass is 516 g/mol. The number of anilines is 3. The minimum absolute atomic E-state index is 0.0249. The van der Waals surface area contributed by atoms with Crippen molar-refractivity contribution in [3.63, 3.8) is 0 Å². The fourth-order valence-corrected chi connectivity index (χ4v) is 4.19. The van der Waals surface area contributed by atoms with Crippen LogP contribution in [-0.2, 0) is 9.53 Å². The topological polar surface area (TPSA) is 184 Å². The van der Waals surface area contributed by atoms with Crippen molar-refractivity contribution in [1.82, 2.24) is 15.3 Å². The highest BCUT2D eigenvalue weighted by molar-refractivity contribution is 6.31. The van der Waals surface area contributed by atoms with Crippen LogP contribution >= 0.6 is 11.6 Å². The predicted molar refractivity (Wildman–Crippen MR) is 140 cm³/mol. The van der Waals surface area contributed by atoms with Gasteiger partial charge in [-0.15, -0.1) is 0 Å². The molecular weight excluding hydrogens is 484 g/mol. The Morgan fingerprint density at radius 2 is 1.78 bits per heavy atom. The molecule has 1 fully saturated rings. The SMILES string of the molecule is NC(=NCCCCC1CCC(OCC(=O)Nc2ccccc2)CC1)NC(=O)c1nc(Cl)c(N)nc1N. The van der Waals surface area contributed by atoms with Crippen molar-refractivity contribution in [1.29, 1.82) is 0 Å². The zero-order valence-electron chi connectivity index (χ0n) is 20.1. The van der Waals surface area contributed by atoms with Gasteiger partial charge in [0.05, 0.1) is 6.10 Å². The van der Waals surface area contributed by atoms with E-state index in [4.69, 9.17) is 33.5 Å². The van der Waals surface area contributed by atoms with E-state index in [9.17, 15) is 9.59 Å². The Morgan fingerprint density at radius 3 is 2.50 bits per heavy atom. The molecular formula is C24H33ClN8O3. The van der Waals surface area contributed by atoms with Crippen LogP contribution in [0.15, 0.2) is 35.3 Å². The molecule has 1 saturated carbocycles. The van der Waals surface area contributed by atoms with Gasteiger partial charge in [-0.05, 0) is 50.2 Å². The standard InChI is InChI=1S/C24H33ClN8O3/c25-20-22(27)32-21(26)19(31-20)23(35)33-24(28)29-13-5-4-6-15-9-11-17(12-10-15)36-14-18(34)30-16-7-2-1-3-8-16/h1-3,7-8,15,17H,4-6,9-14H2,(H,30,34)(H4,26,27,32)(H3,28,29,33,35).